The first-order valence-electron chi connectivity index (χ1n) is 8.15. The molecular formula is C18H18ClFN2O3S. The Labute approximate surface area is 157 Å². The molecule has 0 spiro atoms. The van der Waals surface area contributed by atoms with Gasteiger partial charge in [-0.1, -0.05) is 29.8 Å². The molecule has 1 aliphatic rings. The van der Waals surface area contributed by atoms with Crippen molar-refractivity contribution in [3.8, 4) is 0 Å². The SMILES string of the molecule is O=C(Cc1ccccc1Cl)N1CCN(S(=O)(=O)c2ccc(F)cc2)CC1. The Morgan fingerprint density at radius 1 is 1.00 bits per heavy atom. The van der Waals surface area contributed by atoms with E-state index in [-0.39, 0.29) is 30.3 Å². The monoisotopic (exact) mass is 396 g/mol. The average Bonchev–Trinajstić information content (AvgIpc) is 2.64. The van der Waals surface area contributed by atoms with Crippen LogP contribution in [0.1, 0.15) is 5.56 Å². The zero-order valence-corrected chi connectivity index (χ0v) is 15.5. The standard InChI is InChI=1S/C18H18ClFN2O3S/c19-17-4-2-1-3-14(17)13-18(23)21-9-11-22(12-10-21)26(24,25)16-7-5-15(20)6-8-16/h1-8H,9-13H2. The van der Waals surface area contributed by atoms with Crippen molar-refractivity contribution in [1.29, 1.82) is 0 Å². The summed E-state index contributed by atoms with van der Waals surface area (Å²) in [6.07, 6.45) is 0.185. The smallest absolute Gasteiger partial charge is 0.243 e. The van der Waals surface area contributed by atoms with Crippen LogP contribution in [0.15, 0.2) is 53.4 Å². The highest BCUT2D eigenvalue weighted by molar-refractivity contribution is 7.89. The third kappa shape index (κ3) is 4.06. The molecule has 0 aliphatic carbocycles. The molecule has 1 heterocycles. The topological polar surface area (TPSA) is 57.7 Å². The highest BCUT2D eigenvalue weighted by Crippen LogP contribution is 2.20. The molecule has 1 saturated heterocycles. The van der Waals surface area contributed by atoms with Crippen molar-refractivity contribution in [3.05, 3.63) is 64.9 Å². The minimum Gasteiger partial charge on any atom is -0.340 e. The molecule has 0 unspecified atom stereocenters. The largest absolute Gasteiger partial charge is 0.340 e. The summed E-state index contributed by atoms with van der Waals surface area (Å²) in [6.45, 7) is 1.02. The molecule has 138 valence electrons. The molecule has 0 radical (unpaired) electrons. The van der Waals surface area contributed by atoms with Crippen LogP contribution in [0.2, 0.25) is 5.02 Å². The fraction of sp³-hybridized carbons (Fsp3) is 0.278. The van der Waals surface area contributed by atoms with Gasteiger partial charge in [0, 0.05) is 31.2 Å². The maximum Gasteiger partial charge on any atom is 0.243 e. The van der Waals surface area contributed by atoms with E-state index in [1.807, 2.05) is 6.07 Å². The van der Waals surface area contributed by atoms with Crippen LogP contribution in [0.4, 0.5) is 4.39 Å². The number of piperazine rings is 1. The summed E-state index contributed by atoms with van der Waals surface area (Å²) in [5.74, 6) is -0.573. The fourth-order valence-electron chi connectivity index (χ4n) is 2.85. The van der Waals surface area contributed by atoms with Crippen LogP contribution in [0.3, 0.4) is 0 Å². The lowest BCUT2D eigenvalue weighted by Crippen LogP contribution is -2.50. The van der Waals surface area contributed by atoms with Crippen LogP contribution in [0, 0.1) is 5.82 Å². The van der Waals surface area contributed by atoms with Gasteiger partial charge in [-0.05, 0) is 35.9 Å². The second kappa shape index (κ2) is 7.73. The molecule has 0 atom stereocenters. The van der Waals surface area contributed by atoms with Gasteiger partial charge in [0.05, 0.1) is 11.3 Å². The van der Waals surface area contributed by atoms with Gasteiger partial charge in [-0.2, -0.15) is 4.31 Å². The highest BCUT2D eigenvalue weighted by Gasteiger charge is 2.30. The first-order valence-corrected chi connectivity index (χ1v) is 9.96. The molecule has 0 N–H and O–H groups in total. The first kappa shape index (κ1) is 18.8. The molecule has 1 fully saturated rings. The summed E-state index contributed by atoms with van der Waals surface area (Å²) in [7, 11) is -3.69. The van der Waals surface area contributed by atoms with Gasteiger partial charge >= 0.3 is 0 Å². The van der Waals surface area contributed by atoms with Gasteiger partial charge in [0.1, 0.15) is 5.82 Å². The Morgan fingerprint density at radius 2 is 1.62 bits per heavy atom. The molecule has 5 nitrogen and oxygen atoms in total. The predicted octanol–water partition coefficient (Wildman–Crippen LogP) is 2.55. The van der Waals surface area contributed by atoms with E-state index in [9.17, 15) is 17.6 Å². The number of carbonyl (C=O) groups is 1. The second-order valence-corrected chi connectivity index (χ2v) is 8.35. The van der Waals surface area contributed by atoms with Gasteiger partial charge < -0.3 is 4.90 Å². The highest BCUT2D eigenvalue weighted by atomic mass is 35.5. The molecule has 2 aromatic carbocycles. The van der Waals surface area contributed by atoms with Crippen molar-refractivity contribution >= 4 is 27.5 Å². The van der Waals surface area contributed by atoms with Gasteiger partial charge in [-0.3, -0.25) is 4.79 Å². The van der Waals surface area contributed by atoms with Gasteiger partial charge in [-0.15, -0.1) is 0 Å². The van der Waals surface area contributed by atoms with E-state index in [4.69, 9.17) is 11.6 Å². The van der Waals surface area contributed by atoms with Crippen molar-refractivity contribution in [2.45, 2.75) is 11.3 Å². The lowest BCUT2D eigenvalue weighted by Gasteiger charge is -2.34. The van der Waals surface area contributed by atoms with E-state index >= 15 is 0 Å². The van der Waals surface area contributed by atoms with E-state index in [0.717, 1.165) is 17.7 Å². The summed E-state index contributed by atoms with van der Waals surface area (Å²) < 4.78 is 39.5. The number of hydrogen-bond donors (Lipinski definition) is 0. The third-order valence-electron chi connectivity index (χ3n) is 4.34. The second-order valence-electron chi connectivity index (χ2n) is 6.01. The number of carbonyl (C=O) groups excluding carboxylic acids is 1. The maximum absolute atomic E-state index is 13.0. The Bertz CT molecular complexity index is 895. The lowest BCUT2D eigenvalue weighted by atomic mass is 10.1. The predicted molar refractivity (Wildman–Crippen MR) is 96.9 cm³/mol. The van der Waals surface area contributed by atoms with Crippen LogP contribution >= 0.6 is 11.6 Å². The van der Waals surface area contributed by atoms with Crippen molar-refractivity contribution in [3.63, 3.8) is 0 Å². The molecule has 0 bridgehead atoms. The summed E-state index contributed by atoms with van der Waals surface area (Å²) in [6, 6.07) is 11.9. The van der Waals surface area contributed by atoms with Gasteiger partial charge in [0.25, 0.3) is 0 Å². The number of nitrogens with zero attached hydrogens (tertiary/aromatic N) is 2. The van der Waals surface area contributed by atoms with Crippen molar-refractivity contribution < 1.29 is 17.6 Å². The van der Waals surface area contributed by atoms with Crippen LogP contribution in [-0.2, 0) is 21.2 Å². The zero-order chi connectivity index (χ0) is 18.7. The number of benzene rings is 2. The Balaban J connectivity index is 1.62. The van der Waals surface area contributed by atoms with E-state index in [1.165, 1.54) is 16.4 Å². The molecule has 8 heteroatoms. The number of halogens is 2. The maximum atomic E-state index is 13.0. The zero-order valence-electron chi connectivity index (χ0n) is 13.9. The minimum absolute atomic E-state index is 0.0507. The van der Waals surface area contributed by atoms with Gasteiger partial charge in [-0.25, -0.2) is 12.8 Å². The molecule has 26 heavy (non-hydrogen) atoms. The normalized spacial score (nSPS) is 15.8. The molecule has 3 rings (SSSR count). The lowest BCUT2D eigenvalue weighted by molar-refractivity contribution is -0.131. The molecule has 0 aromatic heterocycles. The summed E-state index contributed by atoms with van der Waals surface area (Å²) >= 11 is 6.08. The quantitative estimate of drug-likeness (QED) is 0.798. The third-order valence-corrected chi connectivity index (χ3v) is 6.62. The van der Waals surface area contributed by atoms with Crippen molar-refractivity contribution in [2.75, 3.05) is 26.2 Å². The Morgan fingerprint density at radius 3 is 2.23 bits per heavy atom. The van der Waals surface area contributed by atoms with Crippen molar-refractivity contribution in [2.24, 2.45) is 0 Å². The fourth-order valence-corrected chi connectivity index (χ4v) is 4.47. The molecule has 1 aliphatic heterocycles. The van der Waals surface area contributed by atoms with E-state index in [1.54, 1.807) is 23.1 Å². The van der Waals surface area contributed by atoms with E-state index < -0.39 is 15.8 Å². The van der Waals surface area contributed by atoms with Crippen LogP contribution < -0.4 is 0 Å². The number of amides is 1. The average molecular weight is 397 g/mol. The van der Waals surface area contributed by atoms with Crippen molar-refractivity contribution in [1.82, 2.24) is 9.21 Å². The van der Waals surface area contributed by atoms with E-state index in [0.29, 0.717) is 18.1 Å². The summed E-state index contributed by atoms with van der Waals surface area (Å²) in [5.41, 5.74) is 0.750. The molecular weight excluding hydrogens is 379 g/mol. The number of hydrogen-bond acceptors (Lipinski definition) is 3. The number of rotatable bonds is 4. The van der Waals surface area contributed by atoms with Crippen LogP contribution in [-0.4, -0.2) is 49.7 Å². The summed E-state index contributed by atoms with van der Waals surface area (Å²) in [4.78, 5) is 14.1. The molecule has 1 amide bonds. The Kier molecular flexibility index (Phi) is 5.60. The first-order chi connectivity index (χ1) is 12.4. The summed E-state index contributed by atoms with van der Waals surface area (Å²) in [5, 5.41) is 0.540. The van der Waals surface area contributed by atoms with E-state index in [2.05, 4.69) is 0 Å². The van der Waals surface area contributed by atoms with Crippen LogP contribution in [0.5, 0.6) is 0 Å². The Hall–Kier alpha value is -1.96. The minimum atomic E-state index is -3.69. The molecule has 0 saturated carbocycles. The van der Waals surface area contributed by atoms with Gasteiger partial charge in [0.15, 0.2) is 0 Å². The van der Waals surface area contributed by atoms with Crippen LogP contribution in [0.25, 0.3) is 0 Å². The number of sulfonamides is 1. The molecule has 2 aromatic rings. The van der Waals surface area contributed by atoms with Gasteiger partial charge in [0.2, 0.25) is 15.9 Å².